The molecule has 1 aliphatic heterocycles. The van der Waals surface area contributed by atoms with Crippen molar-refractivity contribution in [2.75, 3.05) is 6.54 Å². The van der Waals surface area contributed by atoms with Crippen LogP contribution in [0.1, 0.15) is 27.2 Å². The van der Waals surface area contributed by atoms with Gasteiger partial charge in [-0.3, -0.25) is 4.79 Å². The van der Waals surface area contributed by atoms with Gasteiger partial charge in [0.15, 0.2) is 0 Å². The van der Waals surface area contributed by atoms with Crippen LogP contribution in [0.25, 0.3) is 0 Å². The third-order valence-electron chi connectivity index (χ3n) is 4.70. The lowest BCUT2D eigenvalue weighted by Gasteiger charge is -2.56. The summed E-state index contributed by atoms with van der Waals surface area (Å²) in [4.78, 5) is 11.7. The van der Waals surface area contributed by atoms with Gasteiger partial charge < -0.3 is 9.74 Å². The first-order chi connectivity index (χ1) is 11.4. The lowest BCUT2D eigenvalue weighted by atomic mass is 10.2. The van der Waals surface area contributed by atoms with E-state index in [2.05, 4.69) is 74.6 Å². The van der Waals surface area contributed by atoms with Gasteiger partial charge in [-0.2, -0.15) is 10.4 Å². The number of hydrogen-bond acceptors (Lipinski definition) is 2. The summed E-state index contributed by atoms with van der Waals surface area (Å²) in [6.07, 6.45) is 0.383. The Balaban J connectivity index is 2.15. The van der Waals surface area contributed by atoms with Crippen molar-refractivity contribution in [3.63, 3.8) is 0 Å². The van der Waals surface area contributed by atoms with Crippen LogP contribution in [0.3, 0.4) is 0 Å². The van der Waals surface area contributed by atoms with E-state index in [1.165, 1.54) is 10.4 Å². The van der Waals surface area contributed by atoms with E-state index in [1.54, 1.807) is 0 Å². The van der Waals surface area contributed by atoms with Crippen molar-refractivity contribution in [3.05, 3.63) is 60.7 Å². The Morgan fingerprint density at radius 2 is 1.46 bits per heavy atom. The summed E-state index contributed by atoms with van der Waals surface area (Å²) < 4.78 is 6.86. The minimum Gasteiger partial charge on any atom is -0.554 e. The van der Waals surface area contributed by atoms with Crippen LogP contribution in [0.2, 0.25) is 5.04 Å². The molecule has 0 aromatic heterocycles. The summed E-state index contributed by atoms with van der Waals surface area (Å²) >= 11 is 0. The number of carbonyl (C=O) groups excluding carboxylic acids is 1. The van der Waals surface area contributed by atoms with E-state index in [1.807, 2.05) is 12.1 Å². The molecule has 1 aliphatic rings. The monoisotopic (exact) mass is 339 g/mol. The highest BCUT2D eigenvalue weighted by atomic mass is 28.4. The van der Waals surface area contributed by atoms with E-state index in [4.69, 9.17) is 4.43 Å². The van der Waals surface area contributed by atoms with Crippen molar-refractivity contribution in [3.8, 4) is 0 Å². The van der Waals surface area contributed by atoms with E-state index >= 15 is 0 Å². The molecule has 0 saturated carbocycles. The fourth-order valence-corrected chi connectivity index (χ4v) is 8.28. The minimum atomic E-state index is -2.54. The summed E-state index contributed by atoms with van der Waals surface area (Å²) in [7, 11) is -2.54. The van der Waals surface area contributed by atoms with Crippen LogP contribution in [0, 0.1) is 0 Å². The van der Waals surface area contributed by atoms with Crippen molar-refractivity contribution in [1.82, 2.24) is 5.32 Å². The minimum absolute atomic E-state index is 0.0542. The second kappa shape index (κ2) is 6.53. The van der Waals surface area contributed by atoms with Gasteiger partial charge in [-0.15, -0.1) is 5.04 Å². The topological polar surface area (TPSA) is 38.3 Å². The lowest BCUT2D eigenvalue weighted by molar-refractivity contribution is -0.119. The molecule has 2 aromatic carbocycles. The van der Waals surface area contributed by atoms with Crippen molar-refractivity contribution in [1.29, 1.82) is 0 Å². The molecule has 1 saturated heterocycles. The lowest BCUT2D eigenvalue weighted by Crippen LogP contribution is -2.67. The van der Waals surface area contributed by atoms with Crippen LogP contribution in [0.4, 0.5) is 0 Å². The third kappa shape index (κ3) is 3.04. The second-order valence-corrected chi connectivity index (χ2v) is 11.7. The van der Waals surface area contributed by atoms with Crippen LogP contribution in [-0.2, 0) is 9.22 Å². The first kappa shape index (κ1) is 16.9. The molecular weight excluding hydrogens is 314 g/mol. The van der Waals surface area contributed by atoms with Gasteiger partial charge >= 0.3 is 0 Å². The largest absolute Gasteiger partial charge is 0.554 e. The molecule has 1 N–H and O–H groups in total. The highest BCUT2D eigenvalue weighted by Gasteiger charge is 2.39. The predicted octanol–water partition coefficient (Wildman–Crippen LogP) is 2.45. The Morgan fingerprint density at radius 1 is 0.958 bits per heavy atom. The summed E-state index contributed by atoms with van der Waals surface area (Å²) in [5, 5.41) is 5.36. The molecule has 3 nitrogen and oxygen atoms in total. The molecule has 1 fully saturated rings. The molecule has 2 aromatic rings. The number of nitrogens with one attached hydrogen (secondary N) is 1. The first-order valence-electron chi connectivity index (χ1n) is 8.49. The third-order valence-corrected chi connectivity index (χ3v) is 9.79. The van der Waals surface area contributed by atoms with Crippen molar-refractivity contribution in [2.24, 2.45) is 0 Å². The standard InChI is InChI=1S/C20H25NO2Si/c1-20(2,3)24(17-10-6-4-7-11-17,18-12-8-5-9-13-18)23-16-14-19(22)21-15-16/h4-13,16H,14-15H2,1-3H3,(H,21,22)/q-1. The van der Waals surface area contributed by atoms with Gasteiger partial charge in [-0.1, -0.05) is 81.4 Å². The van der Waals surface area contributed by atoms with Gasteiger partial charge in [-0.05, 0) is 0 Å². The Labute approximate surface area is 145 Å². The Morgan fingerprint density at radius 3 is 1.83 bits per heavy atom. The molecule has 0 radical (unpaired) electrons. The van der Waals surface area contributed by atoms with Crippen molar-refractivity contribution >= 4 is 24.6 Å². The number of hydrogen-bond donors (Lipinski definition) is 1. The van der Waals surface area contributed by atoms with Crippen LogP contribution in [0.15, 0.2) is 60.7 Å². The summed E-state index contributed by atoms with van der Waals surface area (Å²) in [6, 6.07) is 21.1. The van der Waals surface area contributed by atoms with Crippen LogP contribution < -0.4 is 15.7 Å². The number of carbonyl (C=O) groups is 1. The van der Waals surface area contributed by atoms with E-state index < -0.39 is 8.32 Å². The van der Waals surface area contributed by atoms with E-state index in [9.17, 15) is 4.79 Å². The van der Waals surface area contributed by atoms with Crippen molar-refractivity contribution in [2.45, 2.75) is 38.3 Å². The SMILES string of the molecule is CC(C)(C)[Si-](OC1CNC(=O)C1)(c1ccccc1)c1ccccc1. The van der Waals surface area contributed by atoms with Gasteiger partial charge in [0.25, 0.3) is 0 Å². The fraction of sp³-hybridized carbons (Fsp3) is 0.350. The van der Waals surface area contributed by atoms with E-state index in [0.29, 0.717) is 13.0 Å². The molecular formula is C20H25NO2Si-. The van der Waals surface area contributed by atoms with Gasteiger partial charge in [0.2, 0.25) is 5.91 Å². The molecule has 0 aliphatic carbocycles. The first-order valence-corrected chi connectivity index (χ1v) is 10.4. The zero-order chi connectivity index (χ0) is 17.2. The summed E-state index contributed by atoms with van der Waals surface area (Å²) in [6.45, 7) is 7.36. The Kier molecular flexibility index (Phi) is 4.61. The van der Waals surface area contributed by atoms with Crippen LogP contribution >= 0.6 is 0 Å². The maximum Gasteiger partial charge on any atom is 0.222 e. The molecule has 1 heterocycles. The molecule has 1 unspecified atom stereocenters. The second-order valence-electron chi connectivity index (χ2n) is 7.41. The quantitative estimate of drug-likeness (QED) is 0.869. The zero-order valence-electron chi connectivity index (χ0n) is 14.6. The van der Waals surface area contributed by atoms with Gasteiger partial charge in [0, 0.05) is 12.6 Å². The average Bonchev–Trinajstić information content (AvgIpc) is 2.98. The number of rotatable bonds is 4. The summed E-state index contributed by atoms with van der Waals surface area (Å²) in [5.74, 6) is 0.0814. The maximum absolute atomic E-state index is 11.7. The van der Waals surface area contributed by atoms with Gasteiger partial charge in [-0.25, -0.2) is 0 Å². The summed E-state index contributed by atoms with van der Waals surface area (Å²) in [5.41, 5.74) is 0. The molecule has 24 heavy (non-hydrogen) atoms. The predicted molar refractivity (Wildman–Crippen MR) is 100 cm³/mol. The highest BCUT2D eigenvalue weighted by Crippen LogP contribution is 2.38. The van der Waals surface area contributed by atoms with E-state index in [0.717, 1.165) is 0 Å². The molecule has 0 bridgehead atoms. The van der Waals surface area contributed by atoms with Gasteiger partial charge in [0.05, 0.1) is 14.7 Å². The smallest absolute Gasteiger partial charge is 0.222 e. The normalized spacial score (nSPS) is 18.5. The van der Waals surface area contributed by atoms with Crippen molar-refractivity contribution < 1.29 is 9.22 Å². The van der Waals surface area contributed by atoms with E-state index in [-0.39, 0.29) is 17.0 Å². The average molecular weight is 340 g/mol. The number of amides is 1. The van der Waals surface area contributed by atoms with Crippen LogP contribution in [0.5, 0.6) is 0 Å². The fourth-order valence-electron chi connectivity index (χ4n) is 3.60. The highest BCUT2D eigenvalue weighted by molar-refractivity contribution is 6.99. The Hall–Kier alpha value is -1.91. The molecule has 1 atom stereocenters. The molecule has 127 valence electrons. The molecule has 0 spiro atoms. The maximum atomic E-state index is 11.7. The van der Waals surface area contributed by atoms with Crippen LogP contribution in [-0.4, -0.2) is 26.9 Å². The number of benzene rings is 2. The van der Waals surface area contributed by atoms with Gasteiger partial charge in [0.1, 0.15) is 0 Å². The molecule has 4 heteroatoms. The Bertz CT molecular complexity index is 655. The molecule has 1 amide bonds. The zero-order valence-corrected chi connectivity index (χ0v) is 15.6. The molecule has 3 rings (SSSR count).